The SMILES string of the molecule is CC(C)(CONCc1ccccc1)C(=O)O. The Balaban J connectivity index is 2.25. The summed E-state index contributed by atoms with van der Waals surface area (Å²) in [6.45, 7) is 3.95. The average Bonchev–Trinajstić information content (AvgIpc) is 2.26. The lowest BCUT2D eigenvalue weighted by atomic mass is 9.96. The van der Waals surface area contributed by atoms with E-state index in [-0.39, 0.29) is 6.61 Å². The Morgan fingerprint density at radius 1 is 1.38 bits per heavy atom. The lowest BCUT2D eigenvalue weighted by molar-refractivity contribution is -0.152. The van der Waals surface area contributed by atoms with E-state index in [9.17, 15) is 4.79 Å². The third kappa shape index (κ3) is 4.00. The van der Waals surface area contributed by atoms with Crippen LogP contribution < -0.4 is 5.48 Å². The molecule has 0 bridgehead atoms. The van der Waals surface area contributed by atoms with E-state index in [0.29, 0.717) is 6.54 Å². The Bertz CT molecular complexity index is 335. The van der Waals surface area contributed by atoms with Gasteiger partial charge in [0, 0.05) is 6.54 Å². The second kappa shape index (κ2) is 5.63. The fourth-order valence-corrected chi connectivity index (χ4v) is 1.02. The summed E-state index contributed by atoms with van der Waals surface area (Å²) in [4.78, 5) is 15.9. The minimum absolute atomic E-state index is 0.134. The number of benzene rings is 1. The van der Waals surface area contributed by atoms with Gasteiger partial charge in [0.15, 0.2) is 0 Å². The lowest BCUT2D eigenvalue weighted by Crippen LogP contribution is -2.32. The molecule has 0 aliphatic carbocycles. The quantitative estimate of drug-likeness (QED) is 0.570. The van der Waals surface area contributed by atoms with Crippen molar-refractivity contribution in [3.8, 4) is 0 Å². The molecule has 16 heavy (non-hydrogen) atoms. The fraction of sp³-hybridized carbons (Fsp3) is 0.417. The molecule has 0 radical (unpaired) electrons. The molecular formula is C12H17NO3. The highest BCUT2D eigenvalue weighted by molar-refractivity contribution is 5.73. The largest absolute Gasteiger partial charge is 0.481 e. The van der Waals surface area contributed by atoms with Gasteiger partial charge in [0.2, 0.25) is 0 Å². The number of carboxylic acid groups (broad SMARTS) is 1. The van der Waals surface area contributed by atoms with Gasteiger partial charge < -0.3 is 9.94 Å². The molecule has 0 aromatic heterocycles. The molecule has 1 aromatic carbocycles. The van der Waals surface area contributed by atoms with Gasteiger partial charge in [-0.2, -0.15) is 5.48 Å². The first-order valence-corrected chi connectivity index (χ1v) is 5.14. The van der Waals surface area contributed by atoms with E-state index in [0.717, 1.165) is 5.56 Å². The van der Waals surface area contributed by atoms with E-state index in [2.05, 4.69) is 5.48 Å². The number of rotatable bonds is 6. The maximum Gasteiger partial charge on any atom is 0.311 e. The lowest BCUT2D eigenvalue weighted by Gasteiger charge is -2.18. The first-order chi connectivity index (χ1) is 7.52. The molecule has 0 aliphatic rings. The summed E-state index contributed by atoms with van der Waals surface area (Å²) >= 11 is 0. The van der Waals surface area contributed by atoms with Crippen molar-refractivity contribution in [2.45, 2.75) is 20.4 Å². The van der Waals surface area contributed by atoms with Crippen molar-refractivity contribution < 1.29 is 14.7 Å². The zero-order chi connectivity index (χ0) is 12.0. The molecule has 0 amide bonds. The van der Waals surface area contributed by atoms with Gasteiger partial charge >= 0.3 is 5.97 Å². The third-order valence-electron chi connectivity index (χ3n) is 2.23. The van der Waals surface area contributed by atoms with Gasteiger partial charge in [0.1, 0.15) is 0 Å². The number of carbonyl (C=O) groups is 1. The topological polar surface area (TPSA) is 58.6 Å². The Morgan fingerprint density at radius 2 is 2.00 bits per heavy atom. The Labute approximate surface area is 95.2 Å². The van der Waals surface area contributed by atoms with Crippen LogP contribution in [0.3, 0.4) is 0 Å². The summed E-state index contributed by atoms with van der Waals surface area (Å²) in [6.07, 6.45) is 0. The Hall–Kier alpha value is -1.39. The van der Waals surface area contributed by atoms with Crippen LogP contribution in [0.25, 0.3) is 0 Å². The van der Waals surface area contributed by atoms with E-state index < -0.39 is 11.4 Å². The summed E-state index contributed by atoms with van der Waals surface area (Å²) in [5, 5.41) is 8.85. The van der Waals surface area contributed by atoms with Crippen LogP contribution in [0.4, 0.5) is 0 Å². The molecule has 1 aromatic rings. The van der Waals surface area contributed by atoms with Gasteiger partial charge in [-0.25, -0.2) is 0 Å². The fourth-order valence-electron chi connectivity index (χ4n) is 1.02. The van der Waals surface area contributed by atoms with Crippen LogP contribution in [0, 0.1) is 5.41 Å². The smallest absolute Gasteiger partial charge is 0.311 e. The Kier molecular flexibility index (Phi) is 4.46. The Morgan fingerprint density at radius 3 is 2.56 bits per heavy atom. The van der Waals surface area contributed by atoms with E-state index in [1.807, 2.05) is 30.3 Å². The highest BCUT2D eigenvalue weighted by Crippen LogP contribution is 2.14. The van der Waals surface area contributed by atoms with Crippen molar-refractivity contribution in [1.82, 2.24) is 5.48 Å². The predicted octanol–water partition coefficient (Wildman–Crippen LogP) is 1.82. The minimum atomic E-state index is -0.871. The van der Waals surface area contributed by atoms with E-state index >= 15 is 0 Å². The number of hydroxylamine groups is 1. The van der Waals surface area contributed by atoms with Crippen LogP contribution in [-0.2, 0) is 16.2 Å². The summed E-state index contributed by atoms with van der Waals surface area (Å²) in [5.41, 5.74) is 2.97. The summed E-state index contributed by atoms with van der Waals surface area (Å²) in [7, 11) is 0. The van der Waals surface area contributed by atoms with Crippen LogP contribution >= 0.6 is 0 Å². The van der Waals surface area contributed by atoms with Gasteiger partial charge in [0.05, 0.1) is 12.0 Å². The number of hydrogen-bond donors (Lipinski definition) is 2. The molecule has 1 rings (SSSR count). The van der Waals surface area contributed by atoms with Gasteiger partial charge in [-0.05, 0) is 19.4 Å². The molecule has 4 heteroatoms. The van der Waals surface area contributed by atoms with Gasteiger partial charge in [-0.1, -0.05) is 30.3 Å². The maximum absolute atomic E-state index is 10.8. The summed E-state index contributed by atoms with van der Waals surface area (Å²) in [6, 6.07) is 9.77. The predicted molar refractivity (Wildman–Crippen MR) is 60.7 cm³/mol. The molecule has 0 saturated heterocycles. The van der Waals surface area contributed by atoms with Gasteiger partial charge in [0.25, 0.3) is 0 Å². The van der Waals surface area contributed by atoms with Crippen LogP contribution in [-0.4, -0.2) is 17.7 Å². The van der Waals surface area contributed by atoms with Crippen LogP contribution in [0.15, 0.2) is 30.3 Å². The molecule has 0 fully saturated rings. The maximum atomic E-state index is 10.8. The second-order valence-electron chi connectivity index (χ2n) is 4.28. The van der Waals surface area contributed by atoms with Gasteiger partial charge in [-0.15, -0.1) is 0 Å². The standard InChI is InChI=1S/C12H17NO3/c1-12(2,11(14)15)9-16-13-8-10-6-4-3-5-7-10/h3-7,13H,8-9H2,1-2H3,(H,14,15). The highest BCUT2D eigenvalue weighted by atomic mass is 16.6. The molecule has 2 N–H and O–H groups in total. The van der Waals surface area contributed by atoms with Crippen LogP contribution in [0.1, 0.15) is 19.4 Å². The zero-order valence-electron chi connectivity index (χ0n) is 9.56. The minimum Gasteiger partial charge on any atom is -0.481 e. The van der Waals surface area contributed by atoms with Crippen LogP contribution in [0.2, 0.25) is 0 Å². The zero-order valence-corrected chi connectivity index (χ0v) is 9.56. The van der Waals surface area contributed by atoms with E-state index in [4.69, 9.17) is 9.94 Å². The van der Waals surface area contributed by atoms with Crippen LogP contribution in [0.5, 0.6) is 0 Å². The monoisotopic (exact) mass is 223 g/mol. The van der Waals surface area contributed by atoms with Crippen molar-refractivity contribution in [2.75, 3.05) is 6.61 Å². The number of aliphatic carboxylic acids is 1. The number of hydrogen-bond acceptors (Lipinski definition) is 3. The first-order valence-electron chi connectivity index (χ1n) is 5.14. The molecule has 0 aliphatic heterocycles. The second-order valence-corrected chi connectivity index (χ2v) is 4.28. The van der Waals surface area contributed by atoms with Crippen molar-refractivity contribution in [1.29, 1.82) is 0 Å². The van der Waals surface area contributed by atoms with Crippen molar-refractivity contribution in [2.24, 2.45) is 5.41 Å². The average molecular weight is 223 g/mol. The third-order valence-corrected chi connectivity index (χ3v) is 2.23. The van der Waals surface area contributed by atoms with Crippen molar-refractivity contribution in [3.63, 3.8) is 0 Å². The number of nitrogens with one attached hydrogen (secondary N) is 1. The first kappa shape index (κ1) is 12.7. The van der Waals surface area contributed by atoms with Crippen molar-refractivity contribution in [3.05, 3.63) is 35.9 Å². The van der Waals surface area contributed by atoms with E-state index in [1.165, 1.54) is 0 Å². The van der Waals surface area contributed by atoms with Crippen molar-refractivity contribution >= 4 is 5.97 Å². The molecule has 4 nitrogen and oxygen atoms in total. The van der Waals surface area contributed by atoms with Gasteiger partial charge in [-0.3, -0.25) is 4.79 Å². The molecular weight excluding hydrogens is 206 g/mol. The normalized spacial score (nSPS) is 11.4. The molecule has 0 saturated carbocycles. The molecule has 0 heterocycles. The molecule has 0 atom stereocenters. The molecule has 88 valence electrons. The summed E-state index contributed by atoms with van der Waals surface area (Å²) in [5.74, 6) is -0.867. The number of carboxylic acids is 1. The molecule has 0 spiro atoms. The summed E-state index contributed by atoms with van der Waals surface area (Å²) < 4.78 is 0. The molecule has 0 unspecified atom stereocenters. The highest BCUT2D eigenvalue weighted by Gasteiger charge is 2.27. The van der Waals surface area contributed by atoms with E-state index in [1.54, 1.807) is 13.8 Å².